The molecule has 0 saturated carbocycles. The number of hydrogen-bond acceptors (Lipinski definition) is 7. The minimum atomic E-state index is -0.877. The van der Waals surface area contributed by atoms with Crippen molar-refractivity contribution in [3.05, 3.63) is 81.2 Å². The first kappa shape index (κ1) is 21.9. The first-order valence-electron chi connectivity index (χ1n) is 10.5. The number of urea groups is 1. The predicted octanol–water partition coefficient (Wildman–Crippen LogP) is 3.40. The fraction of sp³-hybridized carbons (Fsp3) is 0.125. The SMILES string of the molecule is Cc1cc(C=C2C(=O)NC(=O)N(c3ccc4c(c3)OCO4)C2=O)c(C)n1-c1cccc([N+](=O)[O-])c1. The number of aryl methyl sites for hydroxylation is 1. The number of ether oxygens (including phenoxy) is 2. The van der Waals surface area contributed by atoms with Crippen LogP contribution in [0.15, 0.2) is 54.1 Å². The number of hydrogen-bond donors (Lipinski definition) is 1. The third-order valence-corrected chi connectivity index (χ3v) is 5.78. The molecular formula is C24H18N4O7. The van der Waals surface area contributed by atoms with Crippen molar-refractivity contribution in [2.24, 2.45) is 0 Å². The molecule has 11 heteroatoms. The van der Waals surface area contributed by atoms with E-state index >= 15 is 0 Å². The van der Waals surface area contributed by atoms with Gasteiger partial charge in [-0.05, 0) is 49.8 Å². The van der Waals surface area contributed by atoms with Gasteiger partial charge in [0, 0.05) is 29.6 Å². The summed E-state index contributed by atoms with van der Waals surface area (Å²) < 4.78 is 12.4. The molecule has 11 nitrogen and oxygen atoms in total. The monoisotopic (exact) mass is 474 g/mol. The minimum Gasteiger partial charge on any atom is -0.454 e. The molecule has 1 fully saturated rings. The third kappa shape index (κ3) is 3.68. The zero-order valence-electron chi connectivity index (χ0n) is 18.6. The largest absolute Gasteiger partial charge is 0.454 e. The highest BCUT2D eigenvalue weighted by Crippen LogP contribution is 2.36. The summed E-state index contributed by atoms with van der Waals surface area (Å²) in [5.74, 6) is -0.750. The van der Waals surface area contributed by atoms with Crippen molar-refractivity contribution < 1.29 is 28.8 Å². The van der Waals surface area contributed by atoms with E-state index in [9.17, 15) is 24.5 Å². The van der Waals surface area contributed by atoms with Gasteiger partial charge in [0.2, 0.25) is 6.79 Å². The van der Waals surface area contributed by atoms with Crippen molar-refractivity contribution in [3.8, 4) is 17.2 Å². The first-order chi connectivity index (χ1) is 16.7. The van der Waals surface area contributed by atoms with Gasteiger partial charge in [-0.2, -0.15) is 0 Å². The van der Waals surface area contributed by atoms with Crippen LogP contribution in [0.3, 0.4) is 0 Å². The van der Waals surface area contributed by atoms with Crippen molar-refractivity contribution in [2.45, 2.75) is 13.8 Å². The summed E-state index contributed by atoms with van der Waals surface area (Å²) in [6.45, 7) is 3.60. The molecule has 5 rings (SSSR count). The number of nitro benzene ring substituents is 1. The van der Waals surface area contributed by atoms with Crippen molar-refractivity contribution in [1.29, 1.82) is 0 Å². The molecule has 0 bridgehead atoms. The van der Waals surface area contributed by atoms with Crippen LogP contribution in [0.25, 0.3) is 11.8 Å². The molecular weight excluding hydrogens is 456 g/mol. The van der Waals surface area contributed by atoms with Crippen LogP contribution in [0.4, 0.5) is 16.2 Å². The zero-order chi connectivity index (χ0) is 24.9. The molecule has 4 amide bonds. The Morgan fingerprint density at radius 2 is 1.77 bits per heavy atom. The number of nitro groups is 1. The van der Waals surface area contributed by atoms with E-state index < -0.39 is 22.8 Å². The second-order valence-electron chi connectivity index (χ2n) is 7.93. The molecule has 3 aromatic rings. The maximum Gasteiger partial charge on any atom is 0.335 e. The Kier molecular flexibility index (Phi) is 5.09. The lowest BCUT2D eigenvalue weighted by atomic mass is 10.1. The lowest BCUT2D eigenvalue weighted by molar-refractivity contribution is -0.384. The van der Waals surface area contributed by atoms with Crippen molar-refractivity contribution in [2.75, 3.05) is 11.7 Å². The van der Waals surface area contributed by atoms with Crippen LogP contribution in [0, 0.1) is 24.0 Å². The Bertz CT molecular complexity index is 1470. The molecule has 2 aromatic carbocycles. The van der Waals surface area contributed by atoms with Gasteiger partial charge in [-0.1, -0.05) is 6.07 Å². The smallest absolute Gasteiger partial charge is 0.335 e. The average Bonchev–Trinajstić information content (AvgIpc) is 3.39. The van der Waals surface area contributed by atoms with Gasteiger partial charge in [0.05, 0.1) is 16.3 Å². The molecule has 1 saturated heterocycles. The quantitative estimate of drug-likeness (QED) is 0.265. The highest BCUT2D eigenvalue weighted by atomic mass is 16.7. The van der Waals surface area contributed by atoms with Crippen LogP contribution in [0.5, 0.6) is 11.5 Å². The lowest BCUT2D eigenvalue weighted by Crippen LogP contribution is -2.54. The molecule has 1 N–H and O–H groups in total. The van der Waals surface area contributed by atoms with Crippen LogP contribution in [-0.4, -0.2) is 34.1 Å². The molecule has 35 heavy (non-hydrogen) atoms. The summed E-state index contributed by atoms with van der Waals surface area (Å²) >= 11 is 0. The number of anilines is 1. The number of carbonyl (C=O) groups is 3. The van der Waals surface area contributed by atoms with Crippen molar-refractivity contribution >= 4 is 35.3 Å². The number of amides is 4. The van der Waals surface area contributed by atoms with E-state index in [0.717, 1.165) is 10.6 Å². The Morgan fingerprint density at radius 1 is 1.00 bits per heavy atom. The zero-order valence-corrected chi connectivity index (χ0v) is 18.6. The van der Waals surface area contributed by atoms with E-state index in [-0.39, 0.29) is 23.7 Å². The van der Waals surface area contributed by atoms with Crippen LogP contribution in [0.1, 0.15) is 17.0 Å². The first-order valence-corrected chi connectivity index (χ1v) is 10.5. The van der Waals surface area contributed by atoms with E-state index in [4.69, 9.17) is 9.47 Å². The summed E-state index contributed by atoms with van der Waals surface area (Å²) in [4.78, 5) is 50.0. The summed E-state index contributed by atoms with van der Waals surface area (Å²) in [5.41, 5.74) is 2.43. The second-order valence-corrected chi connectivity index (χ2v) is 7.93. The maximum atomic E-state index is 13.3. The molecule has 2 aliphatic rings. The van der Waals surface area contributed by atoms with Gasteiger partial charge in [-0.3, -0.25) is 25.0 Å². The van der Waals surface area contributed by atoms with Crippen LogP contribution in [-0.2, 0) is 9.59 Å². The van der Waals surface area contributed by atoms with Crippen molar-refractivity contribution in [3.63, 3.8) is 0 Å². The van der Waals surface area contributed by atoms with Gasteiger partial charge in [0.15, 0.2) is 11.5 Å². The number of rotatable bonds is 4. The Hall–Kier alpha value is -4.93. The molecule has 176 valence electrons. The molecule has 0 unspecified atom stereocenters. The fourth-order valence-corrected chi connectivity index (χ4v) is 4.15. The summed E-state index contributed by atoms with van der Waals surface area (Å²) in [7, 11) is 0. The summed E-state index contributed by atoms with van der Waals surface area (Å²) in [6, 6.07) is 11.6. The fourth-order valence-electron chi connectivity index (χ4n) is 4.15. The average molecular weight is 474 g/mol. The van der Waals surface area contributed by atoms with E-state index in [0.29, 0.717) is 28.4 Å². The van der Waals surface area contributed by atoms with Gasteiger partial charge in [-0.15, -0.1) is 0 Å². The number of benzene rings is 2. The van der Waals surface area contributed by atoms with Gasteiger partial charge in [0.1, 0.15) is 5.57 Å². The van der Waals surface area contributed by atoms with Gasteiger partial charge in [-0.25, -0.2) is 9.69 Å². The van der Waals surface area contributed by atoms with Crippen LogP contribution < -0.4 is 19.7 Å². The second kappa shape index (κ2) is 8.13. The van der Waals surface area contributed by atoms with E-state index in [1.807, 2.05) is 0 Å². The number of nitrogens with one attached hydrogen (secondary N) is 1. The highest BCUT2D eigenvalue weighted by molar-refractivity contribution is 6.39. The molecule has 0 radical (unpaired) electrons. The molecule has 3 heterocycles. The summed E-state index contributed by atoms with van der Waals surface area (Å²) in [6.07, 6.45) is 1.40. The number of carbonyl (C=O) groups excluding carboxylic acids is 3. The number of aromatic nitrogens is 1. The van der Waals surface area contributed by atoms with E-state index in [1.165, 1.54) is 30.3 Å². The maximum absolute atomic E-state index is 13.3. The third-order valence-electron chi connectivity index (χ3n) is 5.78. The molecule has 1 aromatic heterocycles. The number of non-ortho nitro benzene ring substituents is 1. The van der Waals surface area contributed by atoms with Gasteiger partial charge >= 0.3 is 6.03 Å². The predicted molar refractivity (Wildman–Crippen MR) is 123 cm³/mol. The minimum absolute atomic E-state index is 0.0305. The number of barbiturate groups is 1. The highest BCUT2D eigenvalue weighted by Gasteiger charge is 2.37. The lowest BCUT2D eigenvalue weighted by Gasteiger charge is -2.26. The number of nitrogens with zero attached hydrogens (tertiary/aromatic N) is 3. The van der Waals surface area contributed by atoms with Crippen LogP contribution in [0.2, 0.25) is 0 Å². The normalized spacial score (nSPS) is 16.1. The van der Waals surface area contributed by atoms with Crippen molar-refractivity contribution in [1.82, 2.24) is 9.88 Å². The summed E-state index contributed by atoms with van der Waals surface area (Å²) in [5, 5.41) is 13.4. The Balaban J connectivity index is 1.54. The molecule has 0 spiro atoms. The Labute approximate surface area is 198 Å². The molecule has 0 atom stereocenters. The standard InChI is InChI=1S/C24H18N4O7/c1-13-8-15(14(2)26(13)16-4-3-5-18(10-16)28(32)33)9-19-22(29)25-24(31)27(23(19)30)17-6-7-20-21(11-17)35-12-34-20/h3-11H,12H2,1-2H3,(H,25,29,31). The molecule has 0 aliphatic carbocycles. The number of imide groups is 2. The van der Waals surface area contributed by atoms with E-state index in [2.05, 4.69) is 5.32 Å². The topological polar surface area (TPSA) is 133 Å². The van der Waals surface area contributed by atoms with Crippen LogP contribution >= 0.6 is 0 Å². The Morgan fingerprint density at radius 3 is 2.54 bits per heavy atom. The number of fused-ring (bicyclic) bond motifs is 1. The van der Waals surface area contributed by atoms with Gasteiger partial charge < -0.3 is 14.0 Å². The molecule has 2 aliphatic heterocycles. The van der Waals surface area contributed by atoms with E-state index in [1.54, 1.807) is 42.7 Å². The van der Waals surface area contributed by atoms with Gasteiger partial charge in [0.25, 0.3) is 17.5 Å².